The van der Waals surface area contributed by atoms with Crippen LogP contribution in [0.1, 0.15) is 22.7 Å². The maximum absolute atomic E-state index is 10.3. The van der Waals surface area contributed by atoms with Gasteiger partial charge in [0.15, 0.2) is 11.5 Å². The predicted molar refractivity (Wildman–Crippen MR) is 79.7 cm³/mol. The molecular weight excluding hydrogens is 266 g/mol. The second-order valence-electron chi connectivity index (χ2n) is 5.98. The molecule has 0 unspecified atom stereocenters. The van der Waals surface area contributed by atoms with Gasteiger partial charge in [0.05, 0.1) is 0 Å². The van der Waals surface area contributed by atoms with Gasteiger partial charge in [-0.25, -0.2) is 0 Å². The summed E-state index contributed by atoms with van der Waals surface area (Å²) in [6.07, 6.45) is 1.70. The van der Waals surface area contributed by atoms with E-state index in [9.17, 15) is 15.3 Å². The van der Waals surface area contributed by atoms with Crippen molar-refractivity contribution in [3.05, 3.63) is 41.0 Å². The largest absolute Gasteiger partial charge is 0.508 e. The Morgan fingerprint density at radius 3 is 2.71 bits per heavy atom. The van der Waals surface area contributed by atoms with Crippen molar-refractivity contribution in [2.45, 2.75) is 18.9 Å². The Bertz CT molecular complexity index is 754. The lowest BCUT2D eigenvalue weighted by Gasteiger charge is -2.40. The maximum Gasteiger partial charge on any atom is 0.165 e. The summed E-state index contributed by atoms with van der Waals surface area (Å²) in [4.78, 5) is 2.32. The molecule has 2 aromatic carbocycles. The fourth-order valence-electron chi connectivity index (χ4n) is 3.74. The lowest BCUT2D eigenvalue weighted by molar-refractivity contribution is 0.227. The fourth-order valence-corrected chi connectivity index (χ4v) is 3.74. The average molecular weight is 283 g/mol. The Morgan fingerprint density at radius 1 is 1.10 bits per heavy atom. The number of likely N-dealkylation sites (N-methyl/N-ethyl adjacent to an activating group) is 1. The Balaban J connectivity index is 2.08. The number of hydrogen-bond donors (Lipinski definition) is 3. The lowest BCUT2D eigenvalue weighted by Crippen LogP contribution is -2.35. The van der Waals surface area contributed by atoms with Gasteiger partial charge in [0.25, 0.3) is 0 Å². The Kier molecular flexibility index (Phi) is 2.48. The van der Waals surface area contributed by atoms with Crippen LogP contribution in [0.25, 0.3) is 11.1 Å². The third-order valence-corrected chi connectivity index (χ3v) is 4.78. The summed E-state index contributed by atoms with van der Waals surface area (Å²) in [6.45, 7) is 0.958. The molecule has 108 valence electrons. The standard InChI is InChI=1S/C17H17NO3/c1-18-5-4-10-6-11(19)8-12-15(10)13(18)7-9-2-3-14(20)17(21)16(9)12/h2-3,6,8,13,19-21H,4-5,7H2,1H3/t13-/m0/s1. The highest BCUT2D eigenvalue weighted by Gasteiger charge is 2.34. The third kappa shape index (κ3) is 1.66. The first-order valence-corrected chi connectivity index (χ1v) is 7.16. The highest BCUT2D eigenvalue weighted by atomic mass is 16.3. The molecule has 4 nitrogen and oxygen atoms in total. The van der Waals surface area contributed by atoms with Gasteiger partial charge in [-0.1, -0.05) is 6.07 Å². The van der Waals surface area contributed by atoms with E-state index in [1.807, 2.05) is 12.1 Å². The number of benzene rings is 2. The molecule has 1 aliphatic heterocycles. The summed E-state index contributed by atoms with van der Waals surface area (Å²) in [6, 6.07) is 7.18. The summed E-state index contributed by atoms with van der Waals surface area (Å²) in [5.41, 5.74) is 4.83. The van der Waals surface area contributed by atoms with Crippen LogP contribution in [0.15, 0.2) is 24.3 Å². The van der Waals surface area contributed by atoms with Crippen molar-refractivity contribution in [3.63, 3.8) is 0 Å². The van der Waals surface area contributed by atoms with Crippen molar-refractivity contribution >= 4 is 0 Å². The van der Waals surface area contributed by atoms with Crippen LogP contribution in [0.5, 0.6) is 17.2 Å². The Labute approximate surface area is 122 Å². The van der Waals surface area contributed by atoms with Crippen molar-refractivity contribution in [1.29, 1.82) is 0 Å². The molecule has 0 aromatic heterocycles. The number of rotatable bonds is 0. The molecule has 1 atom stereocenters. The zero-order chi connectivity index (χ0) is 14.7. The first kappa shape index (κ1) is 12.5. The van der Waals surface area contributed by atoms with Crippen LogP contribution in [0.3, 0.4) is 0 Å². The SMILES string of the molecule is CN1CCc2cc(O)cc3c2[C@@H]1Cc1ccc(O)c(O)c1-3. The van der Waals surface area contributed by atoms with Crippen LogP contribution in [0, 0.1) is 0 Å². The Hall–Kier alpha value is -2.20. The smallest absolute Gasteiger partial charge is 0.165 e. The third-order valence-electron chi connectivity index (χ3n) is 4.78. The van der Waals surface area contributed by atoms with Gasteiger partial charge >= 0.3 is 0 Å². The number of aromatic hydroxyl groups is 3. The average Bonchev–Trinajstić information content (AvgIpc) is 2.46. The summed E-state index contributed by atoms with van der Waals surface area (Å²) >= 11 is 0. The van der Waals surface area contributed by atoms with Crippen molar-refractivity contribution in [3.8, 4) is 28.4 Å². The molecule has 0 saturated carbocycles. The zero-order valence-corrected chi connectivity index (χ0v) is 11.8. The fraction of sp³-hybridized carbons (Fsp3) is 0.294. The van der Waals surface area contributed by atoms with Crippen LogP contribution in [-0.2, 0) is 12.8 Å². The number of fused-ring (bicyclic) bond motifs is 2. The molecule has 1 heterocycles. The highest BCUT2D eigenvalue weighted by molar-refractivity contribution is 5.83. The van der Waals surface area contributed by atoms with Crippen molar-refractivity contribution < 1.29 is 15.3 Å². The van der Waals surface area contributed by atoms with Gasteiger partial charge < -0.3 is 15.3 Å². The molecule has 4 rings (SSSR count). The molecule has 21 heavy (non-hydrogen) atoms. The van der Waals surface area contributed by atoms with E-state index >= 15 is 0 Å². The molecule has 0 spiro atoms. The molecule has 0 fully saturated rings. The van der Waals surface area contributed by atoms with Gasteiger partial charge in [-0.3, -0.25) is 4.90 Å². The monoisotopic (exact) mass is 283 g/mol. The maximum atomic E-state index is 10.3. The van der Waals surface area contributed by atoms with Gasteiger partial charge in [0.1, 0.15) is 5.75 Å². The second-order valence-corrected chi connectivity index (χ2v) is 5.98. The number of phenols is 3. The molecule has 4 heteroatoms. The number of hydrogen-bond acceptors (Lipinski definition) is 4. The number of phenolic OH excluding ortho intramolecular Hbond substituents is 3. The van der Waals surface area contributed by atoms with E-state index < -0.39 is 0 Å². The summed E-state index contributed by atoms with van der Waals surface area (Å²) in [7, 11) is 2.11. The number of nitrogens with zero attached hydrogens (tertiary/aromatic N) is 1. The van der Waals surface area contributed by atoms with E-state index in [1.165, 1.54) is 11.6 Å². The van der Waals surface area contributed by atoms with Gasteiger partial charge in [-0.05, 0) is 60.3 Å². The predicted octanol–water partition coefficient (Wildman–Crippen LogP) is 2.56. The second kappa shape index (κ2) is 4.15. The normalized spacial score (nSPS) is 20.0. The minimum absolute atomic E-state index is 0.0908. The van der Waals surface area contributed by atoms with Crippen LogP contribution >= 0.6 is 0 Å². The molecule has 0 radical (unpaired) electrons. The zero-order valence-electron chi connectivity index (χ0n) is 11.8. The van der Waals surface area contributed by atoms with Gasteiger partial charge in [0, 0.05) is 18.2 Å². The first-order valence-electron chi connectivity index (χ1n) is 7.16. The van der Waals surface area contributed by atoms with E-state index in [0.29, 0.717) is 5.56 Å². The van der Waals surface area contributed by atoms with E-state index in [0.717, 1.165) is 36.1 Å². The van der Waals surface area contributed by atoms with Crippen molar-refractivity contribution in [2.75, 3.05) is 13.6 Å². The molecule has 1 aliphatic carbocycles. The van der Waals surface area contributed by atoms with Crippen molar-refractivity contribution in [2.24, 2.45) is 0 Å². The Morgan fingerprint density at radius 2 is 1.90 bits per heavy atom. The molecule has 3 N–H and O–H groups in total. The summed E-state index contributed by atoms with van der Waals surface area (Å²) < 4.78 is 0. The van der Waals surface area contributed by atoms with E-state index in [1.54, 1.807) is 6.07 Å². The van der Waals surface area contributed by atoms with Gasteiger partial charge in [-0.15, -0.1) is 0 Å². The van der Waals surface area contributed by atoms with Crippen LogP contribution in [-0.4, -0.2) is 33.8 Å². The summed E-state index contributed by atoms with van der Waals surface area (Å²) in [5.74, 6) is 0.00285. The van der Waals surface area contributed by atoms with E-state index in [4.69, 9.17) is 0 Å². The molecule has 2 aliphatic rings. The summed E-state index contributed by atoms with van der Waals surface area (Å²) in [5, 5.41) is 30.1. The highest BCUT2D eigenvalue weighted by Crippen LogP contribution is 2.50. The van der Waals surface area contributed by atoms with Crippen LogP contribution in [0.2, 0.25) is 0 Å². The van der Waals surface area contributed by atoms with E-state index in [-0.39, 0.29) is 23.3 Å². The quantitative estimate of drug-likeness (QED) is 0.650. The van der Waals surface area contributed by atoms with Crippen molar-refractivity contribution in [1.82, 2.24) is 4.90 Å². The molecular formula is C17H17NO3. The van der Waals surface area contributed by atoms with Gasteiger partial charge in [-0.2, -0.15) is 0 Å². The molecule has 0 amide bonds. The minimum Gasteiger partial charge on any atom is -0.508 e. The van der Waals surface area contributed by atoms with Crippen LogP contribution in [0.4, 0.5) is 0 Å². The van der Waals surface area contributed by atoms with Crippen LogP contribution < -0.4 is 0 Å². The lowest BCUT2D eigenvalue weighted by atomic mass is 9.77. The van der Waals surface area contributed by atoms with E-state index in [2.05, 4.69) is 11.9 Å². The first-order chi connectivity index (χ1) is 10.1. The molecule has 0 saturated heterocycles. The topological polar surface area (TPSA) is 63.9 Å². The van der Waals surface area contributed by atoms with Gasteiger partial charge in [0.2, 0.25) is 0 Å². The molecule has 2 aromatic rings. The minimum atomic E-state index is -0.117. The molecule has 0 bridgehead atoms.